The Balaban J connectivity index is 2.05. The topological polar surface area (TPSA) is 78.9 Å². The number of halogens is 1. The van der Waals surface area contributed by atoms with Crippen LogP contribution in [-0.2, 0) is 6.54 Å². The molecule has 0 unspecified atom stereocenters. The summed E-state index contributed by atoms with van der Waals surface area (Å²) in [6.07, 6.45) is 3.25. The highest BCUT2D eigenvalue weighted by molar-refractivity contribution is 14.1. The zero-order valence-electron chi connectivity index (χ0n) is 11.9. The van der Waals surface area contributed by atoms with Gasteiger partial charge in [-0.1, -0.05) is 11.8 Å². The molecule has 0 aliphatic rings. The van der Waals surface area contributed by atoms with E-state index in [0.717, 1.165) is 30.5 Å². The Morgan fingerprint density at radius 2 is 2.27 bits per heavy atom. The summed E-state index contributed by atoms with van der Waals surface area (Å²) in [5, 5.41) is 0.854. The fraction of sp³-hybridized carbons (Fsp3) is 0.214. The van der Waals surface area contributed by atoms with Crippen molar-refractivity contribution in [1.82, 2.24) is 19.5 Å². The summed E-state index contributed by atoms with van der Waals surface area (Å²) in [6, 6.07) is 5.97. The van der Waals surface area contributed by atoms with Crippen molar-refractivity contribution in [2.45, 2.75) is 16.6 Å². The monoisotopic (exact) mass is 427 g/mol. The molecule has 0 fully saturated rings. The molecule has 3 aromatic rings. The molecule has 0 saturated carbocycles. The Hall–Kier alpha value is -1.39. The molecule has 0 radical (unpaired) electrons. The Morgan fingerprint density at radius 1 is 1.41 bits per heavy atom. The van der Waals surface area contributed by atoms with Crippen LogP contribution in [0.3, 0.4) is 0 Å². The molecule has 2 N–H and O–H groups in total. The quantitative estimate of drug-likeness (QED) is 0.631. The summed E-state index contributed by atoms with van der Waals surface area (Å²) in [4.78, 5) is 14.1. The number of imidazole rings is 1. The van der Waals surface area contributed by atoms with E-state index in [-0.39, 0.29) is 0 Å². The minimum Gasteiger partial charge on any atom is -0.497 e. The van der Waals surface area contributed by atoms with E-state index in [0.29, 0.717) is 13.1 Å². The summed E-state index contributed by atoms with van der Waals surface area (Å²) in [5.74, 6) is 0.823. The summed E-state index contributed by atoms with van der Waals surface area (Å²) in [5.41, 5.74) is 7.31. The summed E-state index contributed by atoms with van der Waals surface area (Å²) < 4.78 is 8.46. The smallest absolute Gasteiger partial charge is 0.175 e. The lowest BCUT2D eigenvalue weighted by atomic mass is 10.3. The van der Waals surface area contributed by atoms with Crippen molar-refractivity contribution in [3.63, 3.8) is 0 Å². The van der Waals surface area contributed by atoms with Gasteiger partial charge in [-0.3, -0.25) is 0 Å². The maximum atomic E-state index is 5.73. The molecular formula is C14H14IN5OS. The van der Waals surface area contributed by atoms with Crippen LogP contribution in [0.2, 0.25) is 0 Å². The molecule has 0 aliphatic carbocycles. The van der Waals surface area contributed by atoms with Gasteiger partial charge in [0.25, 0.3) is 0 Å². The number of fused-ring (bicyclic) bond motifs is 1. The predicted molar refractivity (Wildman–Crippen MR) is 94.2 cm³/mol. The number of methoxy groups -OCH3 is 1. The third-order valence-electron chi connectivity index (χ3n) is 3.07. The first kappa shape index (κ1) is 15.5. The zero-order valence-corrected chi connectivity index (χ0v) is 14.8. The SMILES string of the molecule is COc1ccc(I)c(Sc2nc3cncnc3n2CCN)c1. The van der Waals surface area contributed by atoms with E-state index in [1.165, 1.54) is 6.33 Å². The molecule has 2 heterocycles. The lowest BCUT2D eigenvalue weighted by Crippen LogP contribution is -2.11. The number of hydrogen-bond acceptors (Lipinski definition) is 6. The van der Waals surface area contributed by atoms with E-state index in [1.807, 2.05) is 22.8 Å². The maximum Gasteiger partial charge on any atom is 0.175 e. The normalized spacial score (nSPS) is 11.0. The fourth-order valence-corrected chi connectivity index (χ4v) is 3.69. The number of ether oxygens (including phenoxy) is 1. The first-order chi connectivity index (χ1) is 10.7. The first-order valence-electron chi connectivity index (χ1n) is 6.60. The first-order valence-corrected chi connectivity index (χ1v) is 8.50. The van der Waals surface area contributed by atoms with Gasteiger partial charge in [-0.2, -0.15) is 0 Å². The van der Waals surface area contributed by atoms with Gasteiger partial charge in [0.15, 0.2) is 10.8 Å². The summed E-state index contributed by atoms with van der Waals surface area (Å²) in [7, 11) is 1.66. The predicted octanol–water partition coefficient (Wildman–Crippen LogP) is 2.55. The molecular weight excluding hydrogens is 413 g/mol. The van der Waals surface area contributed by atoms with E-state index in [9.17, 15) is 0 Å². The molecule has 6 nitrogen and oxygen atoms in total. The number of hydrogen-bond donors (Lipinski definition) is 1. The summed E-state index contributed by atoms with van der Waals surface area (Å²) in [6.45, 7) is 1.19. The molecule has 114 valence electrons. The number of benzene rings is 1. The maximum absolute atomic E-state index is 5.73. The van der Waals surface area contributed by atoms with E-state index in [4.69, 9.17) is 10.5 Å². The Labute approximate surface area is 145 Å². The highest BCUT2D eigenvalue weighted by atomic mass is 127. The van der Waals surface area contributed by atoms with Crippen molar-refractivity contribution in [1.29, 1.82) is 0 Å². The van der Waals surface area contributed by atoms with Gasteiger partial charge in [-0.25, -0.2) is 15.0 Å². The van der Waals surface area contributed by atoms with Gasteiger partial charge in [0.2, 0.25) is 0 Å². The van der Waals surface area contributed by atoms with Crippen molar-refractivity contribution in [3.8, 4) is 5.75 Å². The number of aromatic nitrogens is 4. The molecule has 3 rings (SSSR count). The molecule has 1 aromatic carbocycles. The van der Waals surface area contributed by atoms with E-state index >= 15 is 0 Å². The zero-order chi connectivity index (χ0) is 15.5. The van der Waals surface area contributed by atoms with Crippen LogP contribution >= 0.6 is 34.4 Å². The van der Waals surface area contributed by atoms with Crippen LogP contribution in [0.25, 0.3) is 11.2 Å². The highest BCUT2D eigenvalue weighted by Gasteiger charge is 2.14. The van der Waals surface area contributed by atoms with E-state index in [2.05, 4.69) is 37.5 Å². The standard InChI is InChI=1S/C14H14IN5OS/c1-21-9-2-3-10(15)12(6-9)22-14-19-11-7-17-8-18-13(11)20(14)5-4-16/h2-3,6-8H,4-5,16H2,1H3. The van der Waals surface area contributed by atoms with Crippen LogP contribution in [0.4, 0.5) is 0 Å². The van der Waals surface area contributed by atoms with Gasteiger partial charge in [-0.15, -0.1) is 0 Å². The van der Waals surface area contributed by atoms with Crippen molar-refractivity contribution < 1.29 is 4.74 Å². The van der Waals surface area contributed by atoms with Crippen molar-refractivity contribution in [2.75, 3.05) is 13.7 Å². The number of nitrogens with zero attached hydrogens (tertiary/aromatic N) is 4. The van der Waals surface area contributed by atoms with Gasteiger partial charge in [-0.05, 0) is 40.8 Å². The number of rotatable bonds is 5. The van der Waals surface area contributed by atoms with Gasteiger partial charge in [0.05, 0.1) is 13.3 Å². The van der Waals surface area contributed by atoms with Crippen molar-refractivity contribution in [3.05, 3.63) is 34.3 Å². The largest absolute Gasteiger partial charge is 0.497 e. The van der Waals surface area contributed by atoms with Crippen LogP contribution in [0.1, 0.15) is 0 Å². The third-order valence-corrected chi connectivity index (χ3v) is 5.43. The minimum atomic E-state index is 0.526. The van der Waals surface area contributed by atoms with Gasteiger partial charge in [0.1, 0.15) is 17.6 Å². The fourth-order valence-electron chi connectivity index (χ4n) is 2.05. The number of nitrogens with two attached hydrogens (primary N) is 1. The Morgan fingerprint density at radius 3 is 3.05 bits per heavy atom. The minimum absolute atomic E-state index is 0.526. The third kappa shape index (κ3) is 3.03. The average molecular weight is 427 g/mol. The molecule has 0 aliphatic heterocycles. The van der Waals surface area contributed by atoms with E-state index < -0.39 is 0 Å². The van der Waals surface area contributed by atoms with Crippen molar-refractivity contribution >= 4 is 45.5 Å². The molecule has 22 heavy (non-hydrogen) atoms. The van der Waals surface area contributed by atoms with Gasteiger partial charge >= 0.3 is 0 Å². The highest BCUT2D eigenvalue weighted by Crippen LogP contribution is 2.34. The molecule has 0 spiro atoms. The molecule has 0 atom stereocenters. The van der Waals surface area contributed by atoms with Crippen LogP contribution < -0.4 is 10.5 Å². The lowest BCUT2D eigenvalue weighted by Gasteiger charge is -2.09. The molecule has 2 aromatic heterocycles. The second-order valence-corrected chi connectivity index (χ2v) is 6.64. The molecule has 0 amide bonds. The lowest BCUT2D eigenvalue weighted by molar-refractivity contribution is 0.413. The van der Waals surface area contributed by atoms with Crippen molar-refractivity contribution in [2.24, 2.45) is 5.73 Å². The Kier molecular flexibility index (Phi) is 4.79. The van der Waals surface area contributed by atoms with Crippen LogP contribution in [-0.4, -0.2) is 33.2 Å². The molecule has 8 heteroatoms. The second kappa shape index (κ2) is 6.80. The van der Waals surface area contributed by atoms with Gasteiger partial charge < -0.3 is 15.0 Å². The van der Waals surface area contributed by atoms with Gasteiger partial charge in [0, 0.05) is 21.6 Å². The molecule has 0 bridgehead atoms. The van der Waals surface area contributed by atoms with Crippen LogP contribution in [0.15, 0.2) is 40.8 Å². The Bertz CT molecular complexity index is 807. The van der Waals surface area contributed by atoms with E-state index in [1.54, 1.807) is 25.1 Å². The average Bonchev–Trinajstić information content (AvgIpc) is 2.88. The molecule has 0 saturated heterocycles. The van der Waals surface area contributed by atoms with Crippen LogP contribution in [0, 0.1) is 3.57 Å². The second-order valence-electron chi connectivity index (χ2n) is 4.46. The summed E-state index contributed by atoms with van der Waals surface area (Å²) >= 11 is 3.88. The van der Waals surface area contributed by atoms with Crippen LogP contribution in [0.5, 0.6) is 5.75 Å².